The third kappa shape index (κ3) is 2.10. The summed E-state index contributed by atoms with van der Waals surface area (Å²) in [4.78, 5) is 16.8. The lowest BCUT2D eigenvalue weighted by Crippen LogP contribution is -2.43. The van der Waals surface area contributed by atoms with E-state index < -0.39 is 0 Å². The molecular formula is C11H16N2O. The van der Waals surface area contributed by atoms with Crippen molar-refractivity contribution in [3.63, 3.8) is 0 Å². The van der Waals surface area contributed by atoms with Gasteiger partial charge >= 0.3 is 0 Å². The summed E-state index contributed by atoms with van der Waals surface area (Å²) in [5.74, 6) is 0.197. The molecule has 0 saturated carbocycles. The highest BCUT2D eigenvalue weighted by atomic mass is 16.2. The molecule has 0 aromatic carbocycles. The molecule has 76 valence electrons. The van der Waals surface area contributed by atoms with Crippen molar-refractivity contribution >= 4 is 11.6 Å². The van der Waals surface area contributed by atoms with E-state index in [9.17, 15) is 4.79 Å². The molecule has 3 heteroatoms. The predicted molar refractivity (Wildman–Crippen MR) is 57.3 cm³/mol. The third-order valence-electron chi connectivity index (χ3n) is 2.02. The summed E-state index contributed by atoms with van der Waals surface area (Å²) in [5, 5.41) is 0. The molecule has 1 aromatic heterocycles. The Labute approximate surface area is 84.8 Å². The highest BCUT2D eigenvalue weighted by molar-refractivity contribution is 5.99. The van der Waals surface area contributed by atoms with E-state index in [1.54, 1.807) is 17.3 Å². The van der Waals surface area contributed by atoms with Crippen molar-refractivity contribution in [2.24, 2.45) is 0 Å². The second-order valence-electron chi connectivity index (χ2n) is 3.02. The smallest absolute Gasteiger partial charge is 0.228 e. The van der Waals surface area contributed by atoms with Crippen molar-refractivity contribution in [1.29, 1.82) is 0 Å². The highest BCUT2D eigenvalue weighted by Gasteiger charge is 2.25. The van der Waals surface area contributed by atoms with Gasteiger partial charge in [-0.3, -0.25) is 9.78 Å². The number of pyridine rings is 1. The zero-order chi connectivity index (χ0) is 10.6. The molecule has 0 spiro atoms. The van der Waals surface area contributed by atoms with Gasteiger partial charge in [-0.2, -0.15) is 0 Å². The second-order valence-corrected chi connectivity index (χ2v) is 3.02. The predicted octanol–water partition coefficient (Wildman–Crippen LogP) is 2.15. The van der Waals surface area contributed by atoms with Crippen LogP contribution in [0.15, 0.2) is 18.5 Å². The molecule has 0 unspecified atom stereocenters. The average Bonchev–Trinajstić information content (AvgIpc) is 2.19. The summed E-state index contributed by atoms with van der Waals surface area (Å²) in [6.45, 7) is 6.81. The number of aryl methyl sites for hydroxylation is 1. The lowest BCUT2D eigenvalue weighted by Gasteiger charge is -2.30. The Bertz CT molecular complexity index is 323. The molecule has 14 heavy (non-hydrogen) atoms. The maximum absolute atomic E-state index is 11.0. The Kier molecular flexibility index (Phi) is 3.63. The number of carbonyl (C=O) groups is 1. The van der Waals surface area contributed by atoms with Gasteiger partial charge in [0.05, 0.1) is 11.9 Å². The quantitative estimate of drug-likeness (QED) is 0.639. The first-order valence-electron chi connectivity index (χ1n) is 4.99. The summed E-state index contributed by atoms with van der Waals surface area (Å²) in [7, 11) is 0. The van der Waals surface area contributed by atoms with Gasteiger partial charge in [0.1, 0.15) is 0 Å². The number of rotatable bonds is 1. The lowest BCUT2D eigenvalue weighted by molar-refractivity contribution is -0.122. The highest BCUT2D eigenvalue weighted by Crippen LogP contribution is 2.20. The number of anilines is 1. The zero-order valence-electron chi connectivity index (χ0n) is 8.95. The van der Waals surface area contributed by atoms with Gasteiger partial charge in [0.15, 0.2) is 0 Å². The van der Waals surface area contributed by atoms with Gasteiger partial charge in [0.2, 0.25) is 5.91 Å². The summed E-state index contributed by atoms with van der Waals surface area (Å²) in [5.41, 5.74) is 2.01. The Balaban J connectivity index is 0.000000461. The fraction of sp³-hybridized carbons (Fsp3) is 0.455. The molecule has 3 nitrogen and oxygen atoms in total. The van der Waals surface area contributed by atoms with Crippen molar-refractivity contribution in [3.8, 4) is 0 Å². The number of hydrogen-bond acceptors (Lipinski definition) is 2. The molecular weight excluding hydrogens is 176 g/mol. The molecule has 0 N–H and O–H groups in total. The van der Waals surface area contributed by atoms with E-state index in [0.29, 0.717) is 6.42 Å². The number of nitrogens with zero attached hydrogens (tertiary/aromatic N) is 2. The van der Waals surface area contributed by atoms with Crippen LogP contribution in [0.3, 0.4) is 0 Å². The number of β-lactam (4-membered cyclic amide) rings is 1. The number of aromatic nitrogens is 1. The van der Waals surface area contributed by atoms with Crippen LogP contribution in [0.2, 0.25) is 0 Å². The maximum Gasteiger partial charge on any atom is 0.228 e. The third-order valence-corrected chi connectivity index (χ3v) is 2.02. The van der Waals surface area contributed by atoms with Crippen LogP contribution in [0.1, 0.15) is 25.8 Å². The maximum atomic E-state index is 11.0. The van der Waals surface area contributed by atoms with Crippen molar-refractivity contribution in [2.75, 3.05) is 11.4 Å². The van der Waals surface area contributed by atoms with Crippen LogP contribution in [0, 0.1) is 6.92 Å². The van der Waals surface area contributed by atoms with Gasteiger partial charge in [0.25, 0.3) is 0 Å². The van der Waals surface area contributed by atoms with Gasteiger partial charge in [-0.25, -0.2) is 0 Å². The Morgan fingerprint density at radius 1 is 1.36 bits per heavy atom. The molecule has 0 radical (unpaired) electrons. The van der Waals surface area contributed by atoms with Crippen molar-refractivity contribution in [2.45, 2.75) is 27.2 Å². The van der Waals surface area contributed by atoms with E-state index in [-0.39, 0.29) is 5.91 Å². The molecule has 1 aliphatic heterocycles. The zero-order valence-corrected chi connectivity index (χ0v) is 8.95. The van der Waals surface area contributed by atoms with E-state index in [0.717, 1.165) is 17.8 Å². The topological polar surface area (TPSA) is 33.2 Å². The van der Waals surface area contributed by atoms with Crippen LogP contribution in [-0.4, -0.2) is 17.4 Å². The Morgan fingerprint density at radius 3 is 2.50 bits per heavy atom. The first-order valence-corrected chi connectivity index (χ1v) is 4.99. The number of amides is 1. The molecule has 1 aromatic rings. The normalized spacial score (nSPS) is 14.2. The fourth-order valence-electron chi connectivity index (χ4n) is 1.27. The minimum atomic E-state index is 0.197. The first kappa shape index (κ1) is 10.7. The second kappa shape index (κ2) is 4.74. The molecule has 1 aliphatic rings. The molecule has 0 atom stereocenters. The average molecular weight is 192 g/mol. The lowest BCUT2D eigenvalue weighted by atomic mass is 10.1. The van der Waals surface area contributed by atoms with Crippen LogP contribution in [-0.2, 0) is 4.79 Å². The molecule has 0 bridgehead atoms. The standard InChI is InChI=1S/C9H10N2O.C2H6/c1-7-4-8(6-10-5-7)11-3-2-9(11)12;1-2/h4-6H,2-3H2,1H3;1-2H3. The SMILES string of the molecule is CC.Cc1cncc(N2CCC2=O)c1. The van der Waals surface area contributed by atoms with Crippen LogP contribution in [0.5, 0.6) is 0 Å². The number of hydrogen-bond donors (Lipinski definition) is 0. The van der Waals surface area contributed by atoms with Crippen molar-refractivity contribution in [3.05, 3.63) is 24.0 Å². The molecule has 1 amide bonds. The summed E-state index contributed by atoms with van der Waals surface area (Å²) in [6, 6.07) is 1.98. The van der Waals surface area contributed by atoms with E-state index in [4.69, 9.17) is 0 Å². The first-order chi connectivity index (χ1) is 6.77. The molecule has 2 rings (SSSR count). The largest absolute Gasteiger partial charge is 0.310 e. The summed E-state index contributed by atoms with van der Waals surface area (Å²) >= 11 is 0. The van der Waals surface area contributed by atoms with Crippen molar-refractivity contribution in [1.82, 2.24) is 4.98 Å². The van der Waals surface area contributed by atoms with E-state index in [2.05, 4.69) is 4.98 Å². The van der Waals surface area contributed by atoms with Gasteiger partial charge < -0.3 is 4.90 Å². The minimum absolute atomic E-state index is 0.197. The van der Waals surface area contributed by atoms with Gasteiger partial charge in [-0.1, -0.05) is 13.8 Å². The Morgan fingerprint density at radius 2 is 2.07 bits per heavy atom. The van der Waals surface area contributed by atoms with E-state index in [1.807, 2.05) is 26.8 Å². The molecule has 1 saturated heterocycles. The minimum Gasteiger partial charge on any atom is -0.310 e. The monoisotopic (exact) mass is 192 g/mol. The fourth-order valence-corrected chi connectivity index (χ4v) is 1.27. The van der Waals surface area contributed by atoms with E-state index in [1.165, 1.54) is 0 Å². The summed E-state index contributed by atoms with van der Waals surface area (Å²) < 4.78 is 0. The molecule has 0 aliphatic carbocycles. The molecule has 1 fully saturated rings. The van der Waals surface area contributed by atoms with Gasteiger partial charge in [0, 0.05) is 19.2 Å². The Hall–Kier alpha value is -1.38. The van der Waals surface area contributed by atoms with Crippen LogP contribution < -0.4 is 4.90 Å². The molecule has 2 heterocycles. The van der Waals surface area contributed by atoms with Crippen LogP contribution in [0.25, 0.3) is 0 Å². The van der Waals surface area contributed by atoms with Gasteiger partial charge in [-0.05, 0) is 18.6 Å². The number of carbonyl (C=O) groups excluding carboxylic acids is 1. The van der Waals surface area contributed by atoms with Crippen molar-refractivity contribution < 1.29 is 4.79 Å². The van der Waals surface area contributed by atoms with Gasteiger partial charge in [-0.15, -0.1) is 0 Å². The van der Waals surface area contributed by atoms with Crippen LogP contribution >= 0.6 is 0 Å². The van der Waals surface area contributed by atoms with Crippen LogP contribution in [0.4, 0.5) is 5.69 Å². The van der Waals surface area contributed by atoms with E-state index >= 15 is 0 Å². The summed E-state index contributed by atoms with van der Waals surface area (Å²) in [6.07, 6.45) is 4.19.